The van der Waals surface area contributed by atoms with Crippen LogP contribution >= 0.6 is 0 Å². The van der Waals surface area contributed by atoms with Gasteiger partial charge in [0, 0.05) is 22.8 Å². The largest absolute Gasteiger partial charge is 0.435 e. The van der Waals surface area contributed by atoms with Gasteiger partial charge in [-0.05, 0) is 42.7 Å². The Hall–Kier alpha value is -2.12. The lowest BCUT2D eigenvalue weighted by Gasteiger charge is -2.34. The van der Waals surface area contributed by atoms with Crippen molar-refractivity contribution in [1.29, 1.82) is 0 Å². The van der Waals surface area contributed by atoms with E-state index < -0.39 is 13.2 Å². The van der Waals surface area contributed by atoms with E-state index in [1.165, 1.54) is 24.8 Å². The molecule has 4 nitrogen and oxygen atoms in total. The van der Waals surface area contributed by atoms with E-state index in [9.17, 15) is 17.6 Å². The van der Waals surface area contributed by atoms with Crippen molar-refractivity contribution in [3.05, 3.63) is 23.8 Å². The molecule has 2 aliphatic carbocycles. The van der Waals surface area contributed by atoms with Gasteiger partial charge in [-0.25, -0.2) is 0 Å². The summed E-state index contributed by atoms with van der Waals surface area (Å²) < 4.78 is 58.5. The zero-order chi connectivity index (χ0) is 19.8. The molecule has 0 radical (unpaired) electrons. The summed E-state index contributed by atoms with van der Waals surface area (Å²) in [5.74, 6) is -0.00183. The first-order chi connectivity index (χ1) is 12.6. The van der Waals surface area contributed by atoms with E-state index in [0.717, 1.165) is 24.6 Å². The summed E-state index contributed by atoms with van der Waals surface area (Å²) in [6, 6.07) is 3.54. The van der Waals surface area contributed by atoms with Gasteiger partial charge in [0.05, 0.1) is 6.21 Å². The van der Waals surface area contributed by atoms with E-state index in [1.54, 1.807) is 0 Å². The van der Waals surface area contributed by atoms with Crippen molar-refractivity contribution in [2.45, 2.75) is 53.3 Å². The number of benzene rings is 1. The van der Waals surface area contributed by atoms with Gasteiger partial charge in [0.25, 0.3) is 0 Å². The Morgan fingerprint density at radius 1 is 1.11 bits per heavy atom. The molecule has 0 spiro atoms. The number of rotatable bonds is 6. The van der Waals surface area contributed by atoms with Crippen molar-refractivity contribution in [1.82, 2.24) is 0 Å². The Bertz CT molecular complexity index is 764. The average molecular weight is 386 g/mol. The fraction of sp³-hybridized carbons (Fsp3) is 0.579. The van der Waals surface area contributed by atoms with Crippen LogP contribution in [0.2, 0.25) is 0 Å². The van der Waals surface area contributed by atoms with Crippen molar-refractivity contribution >= 4 is 11.9 Å². The fourth-order valence-electron chi connectivity index (χ4n) is 4.24. The predicted octanol–water partition coefficient (Wildman–Crippen LogP) is 5.51. The minimum atomic E-state index is -3.10. The van der Waals surface area contributed by atoms with Crippen LogP contribution in [0.25, 0.3) is 0 Å². The molecule has 2 saturated carbocycles. The van der Waals surface area contributed by atoms with Crippen LogP contribution in [0.5, 0.6) is 11.5 Å². The molecule has 0 aromatic heterocycles. The number of ether oxygens (including phenoxy) is 2. The van der Waals surface area contributed by atoms with Crippen LogP contribution in [0.1, 0.15) is 45.6 Å². The molecule has 8 heteroatoms. The molecular formula is C19H22F4N2O2. The first-order valence-electron chi connectivity index (χ1n) is 8.77. The van der Waals surface area contributed by atoms with Gasteiger partial charge in [0.1, 0.15) is 11.5 Å². The van der Waals surface area contributed by atoms with Gasteiger partial charge < -0.3 is 9.47 Å². The second-order valence-corrected chi connectivity index (χ2v) is 7.74. The maximum atomic E-state index is 12.6. The van der Waals surface area contributed by atoms with E-state index in [1.807, 2.05) is 0 Å². The van der Waals surface area contributed by atoms with E-state index in [-0.39, 0.29) is 27.9 Å². The summed E-state index contributed by atoms with van der Waals surface area (Å²) in [6.45, 7) is 0.518. The molecule has 3 rings (SSSR count). The standard InChI is InChI=1S/C19H22F4N2O2/c1-18(2)12-6-7-19(18,3)15(8-12)25-24-10-11-4-5-13(26-16(20)21)9-14(11)27-17(22)23/h4-5,9-10,12,16-17H,6-8H2,1-3H3/b24-10-,25-15+/t12-,19-/m0/s1. The summed E-state index contributed by atoms with van der Waals surface area (Å²) in [7, 11) is 0. The lowest BCUT2D eigenvalue weighted by molar-refractivity contribution is -0.0543. The minimum absolute atomic E-state index is 0.0216. The smallest absolute Gasteiger partial charge is 0.387 e. The summed E-state index contributed by atoms with van der Waals surface area (Å²) in [5, 5.41) is 8.41. The van der Waals surface area contributed by atoms with Crippen LogP contribution < -0.4 is 9.47 Å². The second kappa shape index (κ2) is 7.13. The molecular weight excluding hydrogens is 364 g/mol. The quantitative estimate of drug-likeness (QED) is 0.368. The van der Waals surface area contributed by atoms with E-state index in [4.69, 9.17) is 0 Å². The zero-order valence-corrected chi connectivity index (χ0v) is 15.4. The van der Waals surface area contributed by atoms with Crippen molar-refractivity contribution in [2.24, 2.45) is 27.0 Å². The van der Waals surface area contributed by atoms with Crippen LogP contribution in [0.4, 0.5) is 17.6 Å². The van der Waals surface area contributed by atoms with E-state index >= 15 is 0 Å². The first-order valence-corrected chi connectivity index (χ1v) is 8.77. The molecule has 27 heavy (non-hydrogen) atoms. The van der Waals surface area contributed by atoms with Crippen molar-refractivity contribution in [2.75, 3.05) is 0 Å². The molecule has 148 valence electrons. The highest BCUT2D eigenvalue weighted by Crippen LogP contribution is 2.64. The molecule has 1 aromatic carbocycles. The van der Waals surface area contributed by atoms with Crippen molar-refractivity contribution in [3.8, 4) is 11.5 Å². The third kappa shape index (κ3) is 3.66. The van der Waals surface area contributed by atoms with Gasteiger partial charge in [0.15, 0.2) is 0 Å². The van der Waals surface area contributed by atoms with Gasteiger partial charge in [-0.15, -0.1) is 0 Å². The van der Waals surface area contributed by atoms with Gasteiger partial charge in [-0.3, -0.25) is 0 Å². The lowest BCUT2D eigenvalue weighted by atomic mass is 9.70. The molecule has 2 fully saturated rings. The van der Waals surface area contributed by atoms with Crippen LogP contribution in [0.3, 0.4) is 0 Å². The highest BCUT2D eigenvalue weighted by Gasteiger charge is 2.59. The van der Waals surface area contributed by atoms with Crippen LogP contribution in [-0.4, -0.2) is 25.1 Å². The third-order valence-electron chi connectivity index (χ3n) is 6.31. The topological polar surface area (TPSA) is 43.2 Å². The molecule has 0 heterocycles. The van der Waals surface area contributed by atoms with Crippen molar-refractivity contribution < 1.29 is 27.0 Å². The number of fused-ring (bicyclic) bond motifs is 2. The number of alkyl halides is 4. The van der Waals surface area contributed by atoms with E-state index in [0.29, 0.717) is 5.92 Å². The molecule has 2 aliphatic rings. The second-order valence-electron chi connectivity index (χ2n) is 7.74. The van der Waals surface area contributed by atoms with Gasteiger partial charge in [-0.2, -0.15) is 27.8 Å². The highest BCUT2D eigenvalue weighted by atomic mass is 19.3. The zero-order valence-electron chi connectivity index (χ0n) is 15.4. The Morgan fingerprint density at radius 3 is 2.37 bits per heavy atom. The highest BCUT2D eigenvalue weighted by molar-refractivity contribution is 5.95. The molecule has 2 bridgehead atoms. The summed E-state index contributed by atoms with van der Waals surface area (Å²) >= 11 is 0. The van der Waals surface area contributed by atoms with Crippen LogP contribution in [0, 0.1) is 16.7 Å². The summed E-state index contributed by atoms with van der Waals surface area (Å²) in [4.78, 5) is 0. The lowest BCUT2D eigenvalue weighted by Crippen LogP contribution is -2.32. The molecule has 1 aromatic rings. The number of hydrogen-bond donors (Lipinski definition) is 0. The maximum absolute atomic E-state index is 12.6. The Morgan fingerprint density at radius 2 is 1.81 bits per heavy atom. The van der Waals surface area contributed by atoms with Crippen LogP contribution in [0.15, 0.2) is 28.4 Å². The normalized spacial score (nSPS) is 28.0. The summed E-state index contributed by atoms with van der Waals surface area (Å²) in [6.07, 6.45) is 4.39. The monoisotopic (exact) mass is 386 g/mol. The van der Waals surface area contributed by atoms with Gasteiger partial charge in [-0.1, -0.05) is 20.8 Å². The molecule has 0 unspecified atom stereocenters. The van der Waals surface area contributed by atoms with Crippen LogP contribution in [-0.2, 0) is 0 Å². The molecule has 0 aliphatic heterocycles. The molecule has 2 atom stereocenters. The van der Waals surface area contributed by atoms with E-state index in [2.05, 4.69) is 40.4 Å². The van der Waals surface area contributed by atoms with Gasteiger partial charge in [0.2, 0.25) is 0 Å². The predicted molar refractivity (Wildman–Crippen MR) is 94.0 cm³/mol. The maximum Gasteiger partial charge on any atom is 0.387 e. The first kappa shape index (κ1) is 19.6. The Labute approximate surface area is 155 Å². The molecule has 0 saturated heterocycles. The molecule has 0 amide bonds. The summed E-state index contributed by atoms with van der Waals surface area (Å²) in [5.41, 5.74) is 1.34. The Kier molecular flexibility index (Phi) is 5.18. The third-order valence-corrected chi connectivity index (χ3v) is 6.31. The van der Waals surface area contributed by atoms with Crippen molar-refractivity contribution in [3.63, 3.8) is 0 Å². The number of nitrogens with zero attached hydrogens (tertiary/aromatic N) is 2. The molecule has 0 N–H and O–H groups in total. The average Bonchev–Trinajstić information content (AvgIpc) is 2.89. The number of halogens is 4. The Balaban J connectivity index is 1.82. The van der Waals surface area contributed by atoms with Gasteiger partial charge >= 0.3 is 13.2 Å². The minimum Gasteiger partial charge on any atom is -0.435 e. The SMILES string of the molecule is CC1(C)[C@H]2CC[C@@]1(C)/C(=N/N=C\c1ccc(OC(F)F)cc1OC(F)F)C2. The fourth-order valence-corrected chi connectivity index (χ4v) is 4.24. The number of hydrogen-bond acceptors (Lipinski definition) is 4.